The molecule has 0 fully saturated rings. The number of pyridine rings is 1. The van der Waals surface area contributed by atoms with Gasteiger partial charge < -0.3 is 20.3 Å². The molecule has 6 nitrogen and oxygen atoms in total. The molecular weight excluding hydrogens is 318 g/mol. The number of benzene rings is 2. The minimum Gasteiger partial charge on any atom is -0.493 e. The molecule has 6 heteroatoms. The van der Waals surface area contributed by atoms with Gasteiger partial charge in [0.25, 0.3) is 0 Å². The highest BCUT2D eigenvalue weighted by Gasteiger charge is 2.18. The van der Waals surface area contributed by atoms with E-state index in [1.54, 1.807) is 26.4 Å². The summed E-state index contributed by atoms with van der Waals surface area (Å²) in [4.78, 5) is 4.33. The van der Waals surface area contributed by atoms with Crippen LogP contribution in [0.5, 0.6) is 11.5 Å². The summed E-state index contributed by atoms with van der Waals surface area (Å²) in [7, 11) is 3.09. The van der Waals surface area contributed by atoms with Crippen LogP contribution in [-0.4, -0.2) is 24.3 Å². The molecule has 0 saturated carbocycles. The number of aromatic nitrogens is 1. The quantitative estimate of drug-likeness (QED) is 0.760. The Morgan fingerprint density at radius 2 is 1.88 bits per heavy atom. The maximum Gasteiger partial charge on any atom is 0.162 e. The summed E-state index contributed by atoms with van der Waals surface area (Å²) >= 11 is 0. The number of aliphatic hydroxyl groups is 1. The lowest BCUT2D eigenvalue weighted by Gasteiger charge is -2.15. The van der Waals surface area contributed by atoms with E-state index >= 15 is 0 Å². The molecule has 0 unspecified atom stereocenters. The first-order valence-corrected chi connectivity index (χ1v) is 7.58. The molecule has 0 saturated heterocycles. The molecule has 0 spiro atoms. The highest BCUT2D eigenvalue weighted by molar-refractivity contribution is 6.01. The summed E-state index contributed by atoms with van der Waals surface area (Å²) in [6, 6.07) is 13.0. The fourth-order valence-corrected chi connectivity index (χ4v) is 2.85. The molecule has 25 heavy (non-hydrogen) atoms. The standard InChI is InChI=1S/C19H17N3O3/c1-24-16-7-13-15(8-17(16)25-2)22-19(21)14(9-20)18(13)12-5-3-4-11(6-12)10-23/h3-8,23H,10H2,1-2H3,(H2,21,22). The number of ether oxygens (including phenoxy) is 2. The number of hydrogen-bond acceptors (Lipinski definition) is 6. The van der Waals surface area contributed by atoms with Crippen LogP contribution in [0.25, 0.3) is 22.0 Å². The lowest BCUT2D eigenvalue weighted by atomic mass is 9.94. The number of rotatable bonds is 4. The maximum absolute atomic E-state index is 9.60. The second kappa shape index (κ2) is 6.67. The van der Waals surface area contributed by atoms with Gasteiger partial charge in [-0.1, -0.05) is 18.2 Å². The fraction of sp³-hybridized carbons (Fsp3) is 0.158. The van der Waals surface area contributed by atoms with Gasteiger partial charge in [-0.3, -0.25) is 0 Å². The molecule has 3 aromatic rings. The first-order valence-electron chi connectivity index (χ1n) is 7.58. The van der Waals surface area contributed by atoms with E-state index < -0.39 is 0 Å². The number of nitrogens with zero attached hydrogens (tertiary/aromatic N) is 2. The molecular formula is C19H17N3O3. The topological polar surface area (TPSA) is 101 Å². The van der Waals surface area contributed by atoms with Gasteiger partial charge in [-0.05, 0) is 23.3 Å². The summed E-state index contributed by atoms with van der Waals surface area (Å²) < 4.78 is 10.7. The van der Waals surface area contributed by atoms with E-state index in [0.717, 1.165) is 16.5 Å². The van der Waals surface area contributed by atoms with Crippen molar-refractivity contribution in [2.75, 3.05) is 20.0 Å². The highest BCUT2D eigenvalue weighted by Crippen LogP contribution is 2.39. The third-order valence-corrected chi connectivity index (χ3v) is 4.03. The number of nitriles is 1. The predicted molar refractivity (Wildman–Crippen MR) is 95.3 cm³/mol. The van der Waals surface area contributed by atoms with Crippen molar-refractivity contribution in [1.29, 1.82) is 5.26 Å². The Kier molecular flexibility index (Phi) is 4.42. The zero-order valence-electron chi connectivity index (χ0n) is 13.9. The molecule has 3 N–H and O–H groups in total. The van der Waals surface area contributed by atoms with Crippen LogP contribution < -0.4 is 15.2 Å². The van der Waals surface area contributed by atoms with Crippen LogP contribution in [0.1, 0.15) is 11.1 Å². The van der Waals surface area contributed by atoms with Crippen molar-refractivity contribution in [2.45, 2.75) is 6.61 Å². The van der Waals surface area contributed by atoms with Crippen molar-refractivity contribution in [3.8, 4) is 28.7 Å². The van der Waals surface area contributed by atoms with Crippen molar-refractivity contribution in [1.82, 2.24) is 4.98 Å². The summed E-state index contributed by atoms with van der Waals surface area (Å²) in [6.07, 6.45) is 0. The molecule has 2 aromatic carbocycles. The first-order chi connectivity index (χ1) is 12.1. The third-order valence-electron chi connectivity index (χ3n) is 4.03. The van der Waals surface area contributed by atoms with Crippen LogP contribution in [0.3, 0.4) is 0 Å². The molecule has 0 bridgehead atoms. The van der Waals surface area contributed by atoms with E-state index in [0.29, 0.717) is 22.6 Å². The Morgan fingerprint density at radius 1 is 1.16 bits per heavy atom. The number of nitrogen functional groups attached to an aromatic ring is 1. The average Bonchev–Trinajstić information content (AvgIpc) is 2.65. The number of methoxy groups -OCH3 is 2. The molecule has 3 rings (SSSR count). The van der Waals surface area contributed by atoms with Crippen molar-refractivity contribution < 1.29 is 14.6 Å². The molecule has 0 aliphatic heterocycles. The Balaban J connectivity index is 2.43. The number of anilines is 1. The normalized spacial score (nSPS) is 10.5. The monoisotopic (exact) mass is 335 g/mol. The van der Waals surface area contributed by atoms with Crippen molar-refractivity contribution in [3.05, 3.63) is 47.5 Å². The van der Waals surface area contributed by atoms with Crippen LogP contribution in [-0.2, 0) is 6.61 Å². The number of aliphatic hydroxyl groups excluding tert-OH is 1. The molecule has 0 aliphatic rings. The van der Waals surface area contributed by atoms with Gasteiger partial charge >= 0.3 is 0 Å². The fourth-order valence-electron chi connectivity index (χ4n) is 2.85. The summed E-state index contributed by atoms with van der Waals surface area (Å²) in [5.41, 5.74) is 9.06. The number of nitrogens with two attached hydrogens (primary N) is 1. The average molecular weight is 335 g/mol. The van der Waals surface area contributed by atoms with E-state index in [1.165, 1.54) is 0 Å². The SMILES string of the molecule is COc1cc2nc(N)c(C#N)c(-c3cccc(CO)c3)c2cc1OC. The minimum absolute atomic E-state index is 0.0919. The molecule has 1 aromatic heterocycles. The minimum atomic E-state index is -0.0919. The van der Waals surface area contributed by atoms with Gasteiger partial charge in [0.2, 0.25) is 0 Å². The largest absolute Gasteiger partial charge is 0.493 e. The van der Waals surface area contributed by atoms with Gasteiger partial charge in [-0.25, -0.2) is 4.98 Å². The van der Waals surface area contributed by atoms with Crippen LogP contribution in [0.2, 0.25) is 0 Å². The zero-order valence-corrected chi connectivity index (χ0v) is 13.9. The Labute approximate surface area is 145 Å². The van der Waals surface area contributed by atoms with Crippen molar-refractivity contribution in [2.24, 2.45) is 0 Å². The molecule has 0 amide bonds. The van der Waals surface area contributed by atoms with Gasteiger partial charge in [0, 0.05) is 17.0 Å². The lowest BCUT2D eigenvalue weighted by molar-refractivity contribution is 0.282. The number of fused-ring (bicyclic) bond motifs is 1. The summed E-state index contributed by atoms with van der Waals surface area (Å²) in [6.45, 7) is -0.0919. The first kappa shape index (κ1) is 16.6. The zero-order chi connectivity index (χ0) is 18.0. The highest BCUT2D eigenvalue weighted by atomic mass is 16.5. The smallest absolute Gasteiger partial charge is 0.162 e. The second-order valence-electron chi connectivity index (χ2n) is 5.44. The van der Waals surface area contributed by atoms with E-state index in [-0.39, 0.29) is 18.0 Å². The summed E-state index contributed by atoms with van der Waals surface area (Å²) in [5.74, 6) is 1.21. The van der Waals surface area contributed by atoms with Crippen LogP contribution in [0, 0.1) is 11.3 Å². The second-order valence-corrected chi connectivity index (χ2v) is 5.44. The molecule has 126 valence electrons. The van der Waals surface area contributed by atoms with E-state index in [1.807, 2.05) is 24.3 Å². The van der Waals surface area contributed by atoms with Crippen molar-refractivity contribution in [3.63, 3.8) is 0 Å². The predicted octanol–water partition coefficient (Wildman–Crippen LogP) is 2.87. The Morgan fingerprint density at radius 3 is 2.52 bits per heavy atom. The van der Waals surface area contributed by atoms with Gasteiger partial charge in [-0.15, -0.1) is 0 Å². The Bertz CT molecular complexity index is 993. The Hall–Kier alpha value is -3.30. The van der Waals surface area contributed by atoms with Gasteiger partial charge in [0.05, 0.1) is 26.3 Å². The van der Waals surface area contributed by atoms with Gasteiger partial charge in [0.1, 0.15) is 17.5 Å². The van der Waals surface area contributed by atoms with Crippen LogP contribution in [0.4, 0.5) is 5.82 Å². The molecule has 0 radical (unpaired) electrons. The number of hydrogen-bond donors (Lipinski definition) is 2. The molecule has 0 atom stereocenters. The third kappa shape index (κ3) is 2.82. The van der Waals surface area contributed by atoms with Gasteiger partial charge in [-0.2, -0.15) is 5.26 Å². The molecule has 1 heterocycles. The maximum atomic E-state index is 9.60. The van der Waals surface area contributed by atoms with E-state index in [9.17, 15) is 10.4 Å². The van der Waals surface area contributed by atoms with Crippen LogP contribution >= 0.6 is 0 Å². The van der Waals surface area contributed by atoms with Crippen molar-refractivity contribution >= 4 is 16.7 Å². The van der Waals surface area contributed by atoms with E-state index in [4.69, 9.17) is 15.2 Å². The lowest BCUT2D eigenvalue weighted by Crippen LogP contribution is -2.01. The van der Waals surface area contributed by atoms with Crippen LogP contribution in [0.15, 0.2) is 36.4 Å². The summed E-state index contributed by atoms with van der Waals surface area (Å²) in [5, 5.41) is 19.7. The van der Waals surface area contributed by atoms with Gasteiger partial charge in [0.15, 0.2) is 11.5 Å². The van der Waals surface area contributed by atoms with E-state index in [2.05, 4.69) is 11.1 Å². The molecule has 0 aliphatic carbocycles.